The molecule has 1 amide bonds. The molecule has 0 aromatic heterocycles. The fourth-order valence-electron chi connectivity index (χ4n) is 1.95. The second-order valence-electron chi connectivity index (χ2n) is 5.18. The van der Waals surface area contributed by atoms with E-state index >= 15 is 0 Å². The van der Waals surface area contributed by atoms with Crippen molar-refractivity contribution in [3.8, 4) is 0 Å². The van der Waals surface area contributed by atoms with Gasteiger partial charge in [-0.3, -0.25) is 4.79 Å². The van der Waals surface area contributed by atoms with E-state index in [1.54, 1.807) is 0 Å². The molecule has 80 valence electrons. The summed E-state index contributed by atoms with van der Waals surface area (Å²) in [7, 11) is 0. The van der Waals surface area contributed by atoms with E-state index in [1.807, 2.05) is 37.8 Å². The molecule has 0 bridgehead atoms. The van der Waals surface area contributed by atoms with E-state index in [1.165, 1.54) is 11.1 Å². The van der Waals surface area contributed by atoms with Gasteiger partial charge in [0.05, 0.1) is 0 Å². The van der Waals surface area contributed by atoms with E-state index in [2.05, 4.69) is 12.1 Å². The molecule has 0 spiro atoms. The summed E-state index contributed by atoms with van der Waals surface area (Å²) in [5, 5.41) is 0. The van der Waals surface area contributed by atoms with Crippen LogP contribution < -0.4 is 0 Å². The minimum absolute atomic E-state index is 0.235. The first-order valence-electron chi connectivity index (χ1n) is 5.34. The lowest BCUT2D eigenvalue weighted by Gasteiger charge is -2.25. The number of carbonyl (C=O) groups is 1. The average molecular weight is 203 g/mol. The Morgan fingerprint density at radius 2 is 1.60 bits per heavy atom. The Hall–Kier alpha value is -1.31. The van der Waals surface area contributed by atoms with E-state index in [0.29, 0.717) is 0 Å². The maximum Gasteiger partial charge on any atom is 0.228 e. The summed E-state index contributed by atoms with van der Waals surface area (Å²) in [6, 6.07) is 8.27. The molecular weight excluding hydrogens is 186 g/mol. The molecular formula is C13H17NO. The van der Waals surface area contributed by atoms with Gasteiger partial charge in [-0.05, 0) is 11.1 Å². The van der Waals surface area contributed by atoms with Crippen LogP contribution in [-0.2, 0) is 17.9 Å². The number of nitrogens with zero attached hydrogens (tertiary/aromatic N) is 1. The second kappa shape index (κ2) is 3.37. The molecule has 0 saturated carbocycles. The summed E-state index contributed by atoms with van der Waals surface area (Å²) in [6.45, 7) is 7.45. The minimum Gasteiger partial charge on any atom is -0.334 e. The molecule has 15 heavy (non-hydrogen) atoms. The van der Waals surface area contributed by atoms with Crippen molar-refractivity contribution in [1.82, 2.24) is 4.90 Å². The van der Waals surface area contributed by atoms with Gasteiger partial charge in [0.15, 0.2) is 0 Å². The first-order chi connectivity index (χ1) is 6.98. The topological polar surface area (TPSA) is 20.3 Å². The van der Waals surface area contributed by atoms with Gasteiger partial charge in [0.1, 0.15) is 0 Å². The highest BCUT2D eigenvalue weighted by molar-refractivity contribution is 5.82. The van der Waals surface area contributed by atoms with Gasteiger partial charge < -0.3 is 4.90 Å². The van der Waals surface area contributed by atoms with Crippen molar-refractivity contribution in [2.75, 3.05) is 0 Å². The van der Waals surface area contributed by atoms with Crippen LogP contribution in [0.15, 0.2) is 24.3 Å². The molecule has 1 heterocycles. The maximum absolute atomic E-state index is 12.1. The highest BCUT2D eigenvalue weighted by Crippen LogP contribution is 2.27. The summed E-state index contributed by atoms with van der Waals surface area (Å²) in [5.41, 5.74) is 2.30. The second-order valence-corrected chi connectivity index (χ2v) is 5.18. The third kappa shape index (κ3) is 1.89. The molecule has 0 atom stereocenters. The van der Waals surface area contributed by atoms with Crippen molar-refractivity contribution in [1.29, 1.82) is 0 Å². The standard InChI is InChI=1S/C13H17NO/c1-13(2,3)12(15)14-8-10-6-4-5-7-11(10)9-14/h4-7H,8-9H2,1-3H3. The summed E-state index contributed by atoms with van der Waals surface area (Å²) >= 11 is 0. The zero-order valence-electron chi connectivity index (χ0n) is 9.58. The number of rotatable bonds is 0. The van der Waals surface area contributed by atoms with Gasteiger partial charge in [0.25, 0.3) is 0 Å². The lowest BCUT2D eigenvalue weighted by Crippen LogP contribution is -2.35. The van der Waals surface area contributed by atoms with Crippen molar-refractivity contribution >= 4 is 5.91 Å². The molecule has 1 aromatic carbocycles. The molecule has 0 unspecified atom stereocenters. The zero-order valence-corrected chi connectivity index (χ0v) is 9.58. The van der Waals surface area contributed by atoms with E-state index in [9.17, 15) is 4.79 Å². The highest BCUT2D eigenvalue weighted by atomic mass is 16.2. The average Bonchev–Trinajstić information content (AvgIpc) is 2.58. The number of fused-ring (bicyclic) bond motifs is 1. The quantitative estimate of drug-likeness (QED) is 0.634. The van der Waals surface area contributed by atoms with Crippen molar-refractivity contribution in [3.05, 3.63) is 35.4 Å². The summed E-state index contributed by atoms with van der Waals surface area (Å²) in [6.07, 6.45) is 0. The van der Waals surface area contributed by atoms with Gasteiger partial charge in [0.2, 0.25) is 5.91 Å². The number of carbonyl (C=O) groups excluding carboxylic acids is 1. The highest BCUT2D eigenvalue weighted by Gasteiger charge is 2.30. The number of hydrogen-bond donors (Lipinski definition) is 0. The van der Waals surface area contributed by atoms with Crippen LogP contribution in [0.5, 0.6) is 0 Å². The Kier molecular flexibility index (Phi) is 2.29. The predicted octanol–water partition coefficient (Wildman–Crippen LogP) is 2.57. The Morgan fingerprint density at radius 1 is 1.13 bits per heavy atom. The van der Waals surface area contributed by atoms with Crippen LogP contribution in [0.3, 0.4) is 0 Å². The monoisotopic (exact) mass is 203 g/mol. The Labute approximate surface area is 90.9 Å². The smallest absolute Gasteiger partial charge is 0.228 e. The van der Waals surface area contributed by atoms with Gasteiger partial charge in [-0.1, -0.05) is 45.0 Å². The van der Waals surface area contributed by atoms with Crippen molar-refractivity contribution < 1.29 is 4.79 Å². The summed E-state index contributed by atoms with van der Waals surface area (Å²) in [4.78, 5) is 14.0. The van der Waals surface area contributed by atoms with Crippen molar-refractivity contribution in [3.63, 3.8) is 0 Å². The SMILES string of the molecule is CC(C)(C)C(=O)N1Cc2ccccc2C1. The van der Waals surface area contributed by atoms with Gasteiger partial charge in [-0.2, -0.15) is 0 Å². The van der Waals surface area contributed by atoms with Gasteiger partial charge in [0, 0.05) is 18.5 Å². The normalized spacial score (nSPS) is 15.3. The predicted molar refractivity (Wildman–Crippen MR) is 60.2 cm³/mol. The van der Waals surface area contributed by atoms with E-state index < -0.39 is 0 Å². The molecule has 0 saturated heterocycles. The fraction of sp³-hybridized carbons (Fsp3) is 0.462. The Bertz CT molecular complexity index is 365. The number of hydrogen-bond acceptors (Lipinski definition) is 1. The third-order valence-corrected chi connectivity index (χ3v) is 2.77. The first-order valence-corrected chi connectivity index (χ1v) is 5.34. The van der Waals surface area contributed by atoms with Crippen LogP contribution in [0.4, 0.5) is 0 Å². The van der Waals surface area contributed by atoms with Crippen LogP contribution in [0, 0.1) is 5.41 Å². The van der Waals surface area contributed by atoms with Gasteiger partial charge >= 0.3 is 0 Å². The van der Waals surface area contributed by atoms with Crippen LogP contribution in [0.25, 0.3) is 0 Å². The zero-order chi connectivity index (χ0) is 11.1. The molecule has 0 aliphatic carbocycles. The molecule has 1 aromatic rings. The van der Waals surface area contributed by atoms with E-state index in [-0.39, 0.29) is 11.3 Å². The number of benzene rings is 1. The van der Waals surface area contributed by atoms with Gasteiger partial charge in [-0.15, -0.1) is 0 Å². The van der Waals surface area contributed by atoms with Crippen LogP contribution in [-0.4, -0.2) is 10.8 Å². The molecule has 2 rings (SSSR count). The lowest BCUT2D eigenvalue weighted by molar-refractivity contribution is -0.140. The molecule has 1 aliphatic heterocycles. The first kappa shape index (κ1) is 10.2. The fourth-order valence-corrected chi connectivity index (χ4v) is 1.95. The molecule has 2 heteroatoms. The molecule has 2 nitrogen and oxygen atoms in total. The number of amides is 1. The van der Waals surface area contributed by atoms with Crippen LogP contribution >= 0.6 is 0 Å². The molecule has 0 fully saturated rings. The van der Waals surface area contributed by atoms with Crippen molar-refractivity contribution in [2.45, 2.75) is 33.9 Å². The third-order valence-electron chi connectivity index (χ3n) is 2.77. The molecule has 0 radical (unpaired) electrons. The van der Waals surface area contributed by atoms with Crippen LogP contribution in [0.1, 0.15) is 31.9 Å². The van der Waals surface area contributed by atoms with Crippen LogP contribution in [0.2, 0.25) is 0 Å². The molecule has 1 aliphatic rings. The van der Waals surface area contributed by atoms with E-state index in [4.69, 9.17) is 0 Å². The van der Waals surface area contributed by atoms with Crippen molar-refractivity contribution in [2.24, 2.45) is 5.41 Å². The summed E-state index contributed by atoms with van der Waals surface area (Å²) in [5.74, 6) is 0.235. The Balaban J connectivity index is 2.17. The maximum atomic E-state index is 12.1. The summed E-state index contributed by atoms with van der Waals surface area (Å²) < 4.78 is 0. The van der Waals surface area contributed by atoms with E-state index in [0.717, 1.165) is 13.1 Å². The van der Waals surface area contributed by atoms with Gasteiger partial charge in [-0.25, -0.2) is 0 Å². The Morgan fingerprint density at radius 3 is 2.00 bits per heavy atom. The minimum atomic E-state index is -0.276. The molecule has 0 N–H and O–H groups in total. The largest absolute Gasteiger partial charge is 0.334 e. The lowest BCUT2D eigenvalue weighted by atomic mass is 9.95.